The highest BCUT2D eigenvalue weighted by Gasteiger charge is 1.99. The number of aromatic nitrogens is 2. The Morgan fingerprint density at radius 1 is 1.12 bits per heavy atom. The Kier molecular flexibility index (Phi) is 11.5. The molecule has 2 rings (SSSR count). The molecule has 2 N–H and O–H groups in total. The summed E-state index contributed by atoms with van der Waals surface area (Å²) in [5.41, 5.74) is 0. The fraction of sp³-hybridized carbons (Fsp3) is 0.474. The molecule has 0 aliphatic rings. The average molecular weight is 471 g/mol. The molecule has 0 saturated heterocycles. The van der Waals surface area contributed by atoms with Crippen molar-refractivity contribution in [3.05, 3.63) is 48.5 Å². The summed E-state index contributed by atoms with van der Waals surface area (Å²) in [7, 11) is 1.80. The van der Waals surface area contributed by atoms with Gasteiger partial charge in [0, 0.05) is 39.1 Å². The van der Waals surface area contributed by atoms with Crippen molar-refractivity contribution in [3.8, 4) is 5.75 Å². The topological polar surface area (TPSA) is 63.5 Å². The molecule has 0 aliphatic carbocycles. The van der Waals surface area contributed by atoms with Crippen LogP contribution in [-0.4, -0.2) is 42.3 Å². The highest BCUT2D eigenvalue weighted by molar-refractivity contribution is 14.0. The number of guanidine groups is 1. The molecule has 0 radical (unpaired) electrons. The smallest absolute Gasteiger partial charge is 0.190 e. The molecule has 0 atom stereocenters. The lowest BCUT2D eigenvalue weighted by Crippen LogP contribution is -2.38. The summed E-state index contributed by atoms with van der Waals surface area (Å²) in [6.45, 7) is 5.48. The average Bonchev–Trinajstić information content (AvgIpc) is 3.05. The van der Waals surface area contributed by atoms with Crippen molar-refractivity contribution in [2.45, 2.75) is 32.7 Å². The van der Waals surface area contributed by atoms with Crippen LogP contribution in [0, 0.1) is 6.92 Å². The Bertz CT molecular complexity index is 630. The van der Waals surface area contributed by atoms with Crippen molar-refractivity contribution in [3.63, 3.8) is 0 Å². The van der Waals surface area contributed by atoms with Gasteiger partial charge in [-0.05, 0) is 38.3 Å². The Hall–Kier alpha value is -1.77. The number of para-hydroxylation sites is 1. The molecule has 7 heteroatoms. The van der Waals surface area contributed by atoms with E-state index in [2.05, 4.69) is 25.2 Å². The van der Waals surface area contributed by atoms with Crippen LogP contribution >= 0.6 is 24.0 Å². The number of hydrogen-bond acceptors (Lipinski definition) is 3. The van der Waals surface area contributed by atoms with Gasteiger partial charge in [-0.25, -0.2) is 4.98 Å². The maximum atomic E-state index is 5.67. The molecule has 1 heterocycles. The third kappa shape index (κ3) is 8.55. The standard InChI is InChI=1S/C19H29N5O.HI/c1-17-21-13-15-24(17)14-7-6-11-22-19(20-2)23-12-8-16-25-18-9-4-3-5-10-18;/h3-5,9-10,13,15H,6-8,11-12,14,16H2,1-2H3,(H2,20,22,23);1H. The second-order valence-corrected chi connectivity index (χ2v) is 5.82. The first-order chi connectivity index (χ1) is 12.3. The summed E-state index contributed by atoms with van der Waals surface area (Å²) >= 11 is 0. The van der Waals surface area contributed by atoms with Gasteiger partial charge < -0.3 is 19.9 Å². The summed E-state index contributed by atoms with van der Waals surface area (Å²) in [6.07, 6.45) is 7.01. The van der Waals surface area contributed by atoms with E-state index in [-0.39, 0.29) is 24.0 Å². The molecular weight excluding hydrogens is 441 g/mol. The molecule has 144 valence electrons. The zero-order valence-corrected chi connectivity index (χ0v) is 18.0. The van der Waals surface area contributed by atoms with Gasteiger partial charge in [-0.2, -0.15) is 0 Å². The number of aliphatic imine (C=N–C) groups is 1. The van der Waals surface area contributed by atoms with Crippen LogP contribution in [0.25, 0.3) is 0 Å². The van der Waals surface area contributed by atoms with Crippen molar-refractivity contribution in [2.75, 3.05) is 26.7 Å². The lowest BCUT2D eigenvalue weighted by molar-refractivity contribution is 0.311. The van der Waals surface area contributed by atoms with Crippen LogP contribution in [0.2, 0.25) is 0 Å². The van der Waals surface area contributed by atoms with Crippen LogP contribution in [0.15, 0.2) is 47.7 Å². The van der Waals surface area contributed by atoms with Gasteiger partial charge in [0.15, 0.2) is 5.96 Å². The minimum atomic E-state index is 0. The number of rotatable bonds is 10. The number of aryl methyl sites for hydroxylation is 2. The van der Waals surface area contributed by atoms with E-state index in [1.807, 2.05) is 49.6 Å². The quantitative estimate of drug-likeness (QED) is 0.242. The van der Waals surface area contributed by atoms with E-state index >= 15 is 0 Å². The number of nitrogens with zero attached hydrogens (tertiary/aromatic N) is 3. The molecule has 0 fully saturated rings. The summed E-state index contributed by atoms with van der Waals surface area (Å²) in [5.74, 6) is 2.83. The molecule has 0 bridgehead atoms. The van der Waals surface area contributed by atoms with Crippen molar-refractivity contribution in [2.24, 2.45) is 4.99 Å². The molecule has 0 aliphatic heterocycles. The van der Waals surface area contributed by atoms with Crippen LogP contribution < -0.4 is 15.4 Å². The van der Waals surface area contributed by atoms with Gasteiger partial charge in [-0.15, -0.1) is 24.0 Å². The highest BCUT2D eigenvalue weighted by Crippen LogP contribution is 2.08. The van der Waals surface area contributed by atoms with E-state index < -0.39 is 0 Å². The predicted molar refractivity (Wildman–Crippen MR) is 118 cm³/mol. The van der Waals surface area contributed by atoms with Crippen LogP contribution in [0.1, 0.15) is 25.1 Å². The van der Waals surface area contributed by atoms with Crippen LogP contribution in [-0.2, 0) is 6.54 Å². The minimum Gasteiger partial charge on any atom is -0.494 e. The molecule has 0 spiro atoms. The number of hydrogen-bond donors (Lipinski definition) is 2. The SMILES string of the molecule is CN=C(NCCCCn1ccnc1C)NCCCOc1ccccc1.I. The molecule has 1 aromatic heterocycles. The lowest BCUT2D eigenvalue weighted by atomic mass is 10.3. The van der Waals surface area contributed by atoms with E-state index in [9.17, 15) is 0 Å². The fourth-order valence-corrected chi connectivity index (χ4v) is 2.46. The van der Waals surface area contributed by atoms with Gasteiger partial charge in [0.25, 0.3) is 0 Å². The number of ether oxygens (including phenoxy) is 1. The highest BCUT2D eigenvalue weighted by atomic mass is 127. The Labute approximate surface area is 173 Å². The first-order valence-corrected chi connectivity index (χ1v) is 8.89. The maximum absolute atomic E-state index is 5.67. The van der Waals surface area contributed by atoms with Crippen molar-refractivity contribution in [1.29, 1.82) is 0 Å². The maximum Gasteiger partial charge on any atom is 0.190 e. The lowest BCUT2D eigenvalue weighted by Gasteiger charge is -2.12. The number of benzene rings is 1. The van der Waals surface area contributed by atoms with Crippen molar-refractivity contribution < 1.29 is 4.74 Å². The number of imidazole rings is 1. The first-order valence-electron chi connectivity index (χ1n) is 8.89. The molecule has 2 aromatic rings. The Morgan fingerprint density at radius 2 is 1.85 bits per heavy atom. The zero-order valence-electron chi connectivity index (χ0n) is 15.6. The van der Waals surface area contributed by atoms with Gasteiger partial charge in [0.05, 0.1) is 6.61 Å². The Morgan fingerprint density at radius 3 is 2.50 bits per heavy atom. The second kappa shape index (κ2) is 13.4. The summed E-state index contributed by atoms with van der Waals surface area (Å²) in [5, 5.41) is 6.66. The third-order valence-corrected chi connectivity index (χ3v) is 3.89. The van der Waals surface area contributed by atoms with Gasteiger partial charge in [-0.3, -0.25) is 4.99 Å². The summed E-state index contributed by atoms with van der Waals surface area (Å²) in [6, 6.07) is 9.89. The minimum absolute atomic E-state index is 0. The van der Waals surface area contributed by atoms with Gasteiger partial charge in [0.2, 0.25) is 0 Å². The third-order valence-electron chi connectivity index (χ3n) is 3.89. The normalized spacial score (nSPS) is 10.9. The van der Waals surface area contributed by atoms with Gasteiger partial charge in [0.1, 0.15) is 11.6 Å². The van der Waals surface area contributed by atoms with Gasteiger partial charge in [-0.1, -0.05) is 18.2 Å². The van der Waals surface area contributed by atoms with E-state index in [0.29, 0.717) is 6.61 Å². The monoisotopic (exact) mass is 471 g/mol. The van der Waals surface area contributed by atoms with Crippen LogP contribution in [0.5, 0.6) is 5.75 Å². The molecule has 0 saturated carbocycles. The fourth-order valence-electron chi connectivity index (χ4n) is 2.46. The van der Waals surface area contributed by atoms with E-state index in [1.54, 1.807) is 7.05 Å². The summed E-state index contributed by atoms with van der Waals surface area (Å²) in [4.78, 5) is 8.48. The number of nitrogens with one attached hydrogen (secondary N) is 2. The molecule has 26 heavy (non-hydrogen) atoms. The second-order valence-electron chi connectivity index (χ2n) is 5.82. The predicted octanol–water partition coefficient (Wildman–Crippen LogP) is 3.22. The van der Waals surface area contributed by atoms with E-state index in [0.717, 1.165) is 56.4 Å². The van der Waals surface area contributed by atoms with Crippen molar-refractivity contribution in [1.82, 2.24) is 20.2 Å². The molecule has 0 unspecified atom stereocenters. The number of halogens is 1. The van der Waals surface area contributed by atoms with E-state index in [4.69, 9.17) is 4.74 Å². The first kappa shape index (κ1) is 22.3. The molecule has 1 aromatic carbocycles. The zero-order chi connectivity index (χ0) is 17.7. The van der Waals surface area contributed by atoms with E-state index in [1.165, 1.54) is 0 Å². The summed E-state index contributed by atoms with van der Waals surface area (Å²) < 4.78 is 7.85. The van der Waals surface area contributed by atoms with Crippen LogP contribution in [0.4, 0.5) is 0 Å². The largest absolute Gasteiger partial charge is 0.494 e. The number of unbranched alkanes of at least 4 members (excludes halogenated alkanes) is 1. The Balaban J connectivity index is 0.00000338. The molecule has 0 amide bonds. The molecule has 6 nitrogen and oxygen atoms in total. The van der Waals surface area contributed by atoms with Gasteiger partial charge >= 0.3 is 0 Å². The van der Waals surface area contributed by atoms with Crippen LogP contribution in [0.3, 0.4) is 0 Å². The van der Waals surface area contributed by atoms with Crippen molar-refractivity contribution >= 4 is 29.9 Å². The molecular formula is C19H30IN5O.